The molecule has 0 saturated carbocycles. The van der Waals surface area contributed by atoms with Gasteiger partial charge in [0, 0.05) is 20.2 Å². The Labute approximate surface area is 148 Å². The van der Waals surface area contributed by atoms with E-state index in [-0.39, 0.29) is 24.4 Å². The zero-order chi connectivity index (χ0) is 18.5. The van der Waals surface area contributed by atoms with E-state index in [1.165, 1.54) is 12.1 Å². The first kappa shape index (κ1) is 20.7. The second-order valence-corrected chi connectivity index (χ2v) is 5.30. The van der Waals surface area contributed by atoms with Gasteiger partial charge in [0.25, 0.3) is 0 Å². The minimum Gasteiger partial charge on any atom is -0.489 e. The predicted octanol–water partition coefficient (Wildman–Crippen LogP) is 0.911. The van der Waals surface area contributed by atoms with E-state index in [1.54, 1.807) is 19.2 Å². The van der Waals surface area contributed by atoms with Crippen molar-refractivity contribution in [3.05, 3.63) is 30.1 Å². The van der Waals surface area contributed by atoms with Gasteiger partial charge in [0.2, 0.25) is 5.91 Å². The van der Waals surface area contributed by atoms with E-state index >= 15 is 0 Å². The molecule has 140 valence electrons. The molecular weight excluding hydrogens is 327 g/mol. The Balaban J connectivity index is 2.41. The number of methoxy groups -OCH3 is 1. The normalized spacial score (nSPS) is 12.4. The molecule has 7 nitrogen and oxygen atoms in total. The summed E-state index contributed by atoms with van der Waals surface area (Å²) in [6, 6.07) is 5.86. The largest absolute Gasteiger partial charge is 0.489 e. The third-order valence-corrected chi connectivity index (χ3v) is 3.06. The van der Waals surface area contributed by atoms with Gasteiger partial charge < -0.3 is 25.4 Å². The average Bonchev–Trinajstić information content (AvgIpc) is 2.59. The van der Waals surface area contributed by atoms with Crippen LogP contribution in [0.25, 0.3) is 0 Å². The van der Waals surface area contributed by atoms with E-state index in [0.29, 0.717) is 38.0 Å². The predicted molar refractivity (Wildman–Crippen MR) is 95.4 cm³/mol. The van der Waals surface area contributed by atoms with Crippen LogP contribution >= 0.6 is 0 Å². The lowest BCUT2D eigenvalue weighted by Gasteiger charge is -2.17. The second kappa shape index (κ2) is 12.1. The number of carbonyl (C=O) groups excluding carboxylic acids is 1. The van der Waals surface area contributed by atoms with E-state index in [0.717, 1.165) is 0 Å². The number of hydrogen-bond donors (Lipinski definition) is 3. The van der Waals surface area contributed by atoms with Crippen molar-refractivity contribution in [2.24, 2.45) is 4.99 Å². The number of halogens is 1. The molecule has 0 spiro atoms. The lowest BCUT2D eigenvalue weighted by Crippen LogP contribution is -2.42. The zero-order valence-corrected chi connectivity index (χ0v) is 15.0. The molecular formula is C17H27FN4O3. The number of rotatable bonds is 10. The molecule has 0 saturated heterocycles. The Kier molecular flexibility index (Phi) is 10.00. The van der Waals surface area contributed by atoms with E-state index in [1.807, 2.05) is 13.8 Å². The lowest BCUT2D eigenvalue weighted by atomic mass is 10.3. The van der Waals surface area contributed by atoms with Gasteiger partial charge in [-0.05, 0) is 38.1 Å². The highest BCUT2D eigenvalue weighted by Crippen LogP contribution is 2.12. The summed E-state index contributed by atoms with van der Waals surface area (Å²) >= 11 is 0. The summed E-state index contributed by atoms with van der Waals surface area (Å²) in [5.41, 5.74) is 0. The van der Waals surface area contributed by atoms with Crippen molar-refractivity contribution in [2.75, 3.05) is 39.9 Å². The van der Waals surface area contributed by atoms with Crippen LogP contribution in [0, 0.1) is 5.82 Å². The van der Waals surface area contributed by atoms with Crippen LogP contribution in [-0.4, -0.2) is 57.9 Å². The Morgan fingerprint density at radius 1 is 1.24 bits per heavy atom. The van der Waals surface area contributed by atoms with Gasteiger partial charge in [0.1, 0.15) is 24.2 Å². The number of ether oxygens (including phenoxy) is 2. The average molecular weight is 354 g/mol. The maximum Gasteiger partial charge on any atom is 0.241 e. The summed E-state index contributed by atoms with van der Waals surface area (Å²) in [5, 5.41) is 8.87. The fraction of sp³-hybridized carbons (Fsp3) is 0.529. The van der Waals surface area contributed by atoms with E-state index in [9.17, 15) is 9.18 Å². The van der Waals surface area contributed by atoms with Crippen LogP contribution < -0.4 is 20.7 Å². The molecule has 1 amide bonds. The number of nitrogens with zero attached hydrogens (tertiary/aromatic N) is 1. The number of aliphatic imine (C=N–C) groups is 1. The van der Waals surface area contributed by atoms with Gasteiger partial charge in [-0.3, -0.25) is 4.79 Å². The number of amides is 1. The summed E-state index contributed by atoms with van der Waals surface area (Å²) < 4.78 is 23.4. The summed E-state index contributed by atoms with van der Waals surface area (Å²) in [4.78, 5) is 15.9. The topological polar surface area (TPSA) is 84.0 Å². The summed E-state index contributed by atoms with van der Waals surface area (Å²) in [7, 11) is 1.58. The monoisotopic (exact) mass is 354 g/mol. The highest BCUT2D eigenvalue weighted by atomic mass is 19.1. The fourth-order valence-electron chi connectivity index (χ4n) is 1.87. The van der Waals surface area contributed by atoms with Crippen LogP contribution in [0.15, 0.2) is 29.3 Å². The molecule has 3 N–H and O–H groups in total. The van der Waals surface area contributed by atoms with Crippen molar-refractivity contribution in [1.29, 1.82) is 0 Å². The third kappa shape index (κ3) is 9.51. The molecule has 0 aliphatic rings. The minimum atomic E-state index is -0.302. The van der Waals surface area contributed by atoms with Crippen molar-refractivity contribution in [3.63, 3.8) is 0 Å². The van der Waals surface area contributed by atoms with Gasteiger partial charge in [-0.15, -0.1) is 0 Å². The van der Waals surface area contributed by atoms with Gasteiger partial charge in [-0.1, -0.05) is 0 Å². The Morgan fingerprint density at radius 2 is 1.96 bits per heavy atom. The van der Waals surface area contributed by atoms with Crippen molar-refractivity contribution in [3.8, 4) is 5.75 Å². The van der Waals surface area contributed by atoms with Crippen LogP contribution in [0.3, 0.4) is 0 Å². The number of hydrogen-bond acceptors (Lipinski definition) is 4. The van der Waals surface area contributed by atoms with Gasteiger partial charge in [0.15, 0.2) is 5.96 Å². The van der Waals surface area contributed by atoms with Gasteiger partial charge in [0.05, 0.1) is 13.2 Å². The van der Waals surface area contributed by atoms with Crippen LogP contribution in [0.2, 0.25) is 0 Å². The third-order valence-electron chi connectivity index (χ3n) is 3.06. The van der Waals surface area contributed by atoms with E-state index < -0.39 is 0 Å². The van der Waals surface area contributed by atoms with Crippen molar-refractivity contribution < 1.29 is 18.7 Å². The number of carbonyl (C=O) groups is 1. The van der Waals surface area contributed by atoms with Crippen LogP contribution in [-0.2, 0) is 9.53 Å². The van der Waals surface area contributed by atoms with Gasteiger partial charge in [-0.25, -0.2) is 9.38 Å². The molecule has 0 aliphatic carbocycles. The van der Waals surface area contributed by atoms with Crippen molar-refractivity contribution in [1.82, 2.24) is 16.0 Å². The van der Waals surface area contributed by atoms with E-state index in [4.69, 9.17) is 9.47 Å². The van der Waals surface area contributed by atoms with Crippen molar-refractivity contribution >= 4 is 11.9 Å². The first-order valence-electron chi connectivity index (χ1n) is 8.25. The molecule has 1 unspecified atom stereocenters. The van der Waals surface area contributed by atoms with Gasteiger partial charge >= 0.3 is 0 Å². The highest BCUT2D eigenvalue weighted by molar-refractivity contribution is 5.84. The molecule has 1 rings (SSSR count). The molecule has 0 radical (unpaired) electrons. The smallest absolute Gasteiger partial charge is 0.241 e. The first-order valence-corrected chi connectivity index (χ1v) is 8.25. The Hall–Kier alpha value is -2.35. The quantitative estimate of drug-likeness (QED) is 0.330. The summed E-state index contributed by atoms with van der Waals surface area (Å²) in [5.74, 6) is 0.641. The maximum absolute atomic E-state index is 12.9. The molecule has 1 atom stereocenters. The lowest BCUT2D eigenvalue weighted by molar-refractivity contribution is -0.119. The molecule has 0 fully saturated rings. The maximum atomic E-state index is 12.9. The second-order valence-electron chi connectivity index (χ2n) is 5.30. The molecule has 1 aromatic carbocycles. The SMILES string of the molecule is CCNC(=NCC(=O)NCCOC)NCC(C)Oc1ccc(F)cc1. The number of nitrogens with one attached hydrogen (secondary N) is 3. The standard InChI is InChI=1S/C17H27FN4O3/c1-4-19-17(22-12-16(23)20-9-10-24-3)21-11-13(2)25-15-7-5-14(18)6-8-15/h5-8,13H,4,9-12H2,1-3H3,(H,20,23)(H2,19,21,22). The molecule has 1 aromatic rings. The number of benzene rings is 1. The zero-order valence-electron chi connectivity index (χ0n) is 15.0. The van der Waals surface area contributed by atoms with E-state index in [2.05, 4.69) is 20.9 Å². The number of guanidine groups is 1. The van der Waals surface area contributed by atoms with Gasteiger partial charge in [-0.2, -0.15) is 0 Å². The van der Waals surface area contributed by atoms with Crippen LogP contribution in [0.4, 0.5) is 4.39 Å². The molecule has 0 bridgehead atoms. The Bertz CT molecular complexity index is 537. The Morgan fingerprint density at radius 3 is 2.60 bits per heavy atom. The minimum absolute atomic E-state index is 0.0201. The first-order chi connectivity index (χ1) is 12.0. The van der Waals surface area contributed by atoms with Crippen LogP contribution in [0.1, 0.15) is 13.8 Å². The summed E-state index contributed by atoms with van der Waals surface area (Å²) in [6.07, 6.45) is -0.162. The molecule has 0 heterocycles. The molecule has 8 heteroatoms. The van der Waals surface area contributed by atoms with Crippen molar-refractivity contribution in [2.45, 2.75) is 20.0 Å². The van der Waals surface area contributed by atoms with Crippen LogP contribution in [0.5, 0.6) is 5.75 Å². The summed E-state index contributed by atoms with van der Waals surface area (Å²) in [6.45, 7) is 5.92. The fourth-order valence-corrected chi connectivity index (χ4v) is 1.87. The highest BCUT2D eigenvalue weighted by Gasteiger charge is 2.07. The molecule has 0 aromatic heterocycles. The molecule has 25 heavy (non-hydrogen) atoms. The molecule has 0 aliphatic heterocycles.